The second-order valence-electron chi connectivity index (χ2n) is 7.22. The number of hydrogen-bond acceptors (Lipinski definition) is 4. The summed E-state index contributed by atoms with van der Waals surface area (Å²) in [7, 11) is -3.98. The van der Waals surface area contributed by atoms with Crippen molar-refractivity contribution in [3.05, 3.63) is 112 Å². The molecule has 154 valence electrons. The smallest absolute Gasteiger partial charge is 0.269 e. The Bertz CT molecular complexity index is 1440. The molecule has 0 saturated carbocycles. The van der Waals surface area contributed by atoms with Gasteiger partial charge in [0.25, 0.3) is 15.7 Å². The van der Waals surface area contributed by atoms with Crippen LogP contribution in [-0.4, -0.2) is 22.6 Å². The second-order valence-corrected chi connectivity index (χ2v) is 9.07. The number of aromatic nitrogens is 1. The molecule has 0 spiro atoms. The van der Waals surface area contributed by atoms with Crippen molar-refractivity contribution in [1.29, 1.82) is 0 Å². The minimum absolute atomic E-state index is 0.00743. The van der Waals surface area contributed by atoms with Gasteiger partial charge in [-0.05, 0) is 35.4 Å². The molecule has 0 aliphatic carbocycles. The van der Waals surface area contributed by atoms with Gasteiger partial charge in [-0.25, -0.2) is 8.42 Å². The maximum Gasteiger partial charge on any atom is 0.269 e. The first kappa shape index (κ1) is 19.1. The lowest BCUT2D eigenvalue weighted by Crippen LogP contribution is -2.33. The number of nitro groups is 1. The fraction of sp³-hybridized carbons (Fsp3) is 0.0435. The predicted octanol–water partition coefficient (Wildman–Crippen LogP) is 4.84. The van der Waals surface area contributed by atoms with Crippen LogP contribution in [0.25, 0.3) is 17.0 Å². The summed E-state index contributed by atoms with van der Waals surface area (Å²) in [6.45, 7) is 0. The third kappa shape index (κ3) is 3.08. The van der Waals surface area contributed by atoms with E-state index in [2.05, 4.69) is 4.98 Å². The highest BCUT2D eigenvalue weighted by atomic mass is 32.2. The summed E-state index contributed by atoms with van der Waals surface area (Å²) in [5.74, 6) is 0. The largest absolute Gasteiger partial charge is 0.361 e. The van der Waals surface area contributed by atoms with Crippen LogP contribution in [-0.2, 0) is 10.0 Å². The van der Waals surface area contributed by atoms with E-state index in [4.69, 9.17) is 0 Å². The first-order chi connectivity index (χ1) is 15.0. The molecular formula is C23H17N3O4S. The number of fused-ring (bicyclic) bond motifs is 2. The number of H-pyrrole nitrogens is 1. The summed E-state index contributed by atoms with van der Waals surface area (Å²) in [6.07, 6.45) is 5.17. The number of para-hydroxylation sites is 1. The number of nitrogens with one attached hydrogen (secondary N) is 1. The fourth-order valence-electron chi connectivity index (χ4n) is 3.99. The molecule has 1 aromatic heterocycles. The van der Waals surface area contributed by atoms with Crippen LogP contribution in [0.1, 0.15) is 22.7 Å². The fourth-order valence-corrected chi connectivity index (χ4v) is 5.44. The van der Waals surface area contributed by atoms with Crippen LogP contribution in [0.5, 0.6) is 0 Å². The van der Waals surface area contributed by atoms with Crippen LogP contribution in [0.4, 0.5) is 5.69 Å². The Morgan fingerprint density at radius 2 is 1.61 bits per heavy atom. The number of rotatable bonds is 4. The van der Waals surface area contributed by atoms with Gasteiger partial charge in [0.2, 0.25) is 0 Å². The molecule has 5 rings (SSSR count). The van der Waals surface area contributed by atoms with E-state index in [1.54, 1.807) is 12.3 Å². The van der Waals surface area contributed by atoms with Crippen LogP contribution < -0.4 is 0 Å². The highest BCUT2D eigenvalue weighted by Gasteiger charge is 2.35. The third-order valence-electron chi connectivity index (χ3n) is 5.48. The van der Waals surface area contributed by atoms with Gasteiger partial charge in [0.05, 0.1) is 15.9 Å². The van der Waals surface area contributed by atoms with Crippen LogP contribution in [0.15, 0.2) is 90.1 Å². The average molecular weight is 431 g/mol. The van der Waals surface area contributed by atoms with E-state index in [1.807, 2.05) is 54.7 Å². The predicted molar refractivity (Wildman–Crippen MR) is 118 cm³/mol. The molecular weight excluding hydrogens is 414 g/mol. The zero-order chi connectivity index (χ0) is 21.6. The summed E-state index contributed by atoms with van der Waals surface area (Å²) < 4.78 is 28.6. The van der Waals surface area contributed by atoms with Gasteiger partial charge < -0.3 is 4.98 Å². The maximum absolute atomic E-state index is 13.6. The molecule has 4 aromatic rings. The Kier molecular flexibility index (Phi) is 4.37. The molecule has 0 bridgehead atoms. The van der Waals surface area contributed by atoms with E-state index in [9.17, 15) is 18.5 Å². The first-order valence-corrected chi connectivity index (χ1v) is 11.0. The monoisotopic (exact) mass is 431 g/mol. The molecule has 2 heterocycles. The van der Waals surface area contributed by atoms with Gasteiger partial charge >= 0.3 is 0 Å². The van der Waals surface area contributed by atoms with Crippen LogP contribution >= 0.6 is 0 Å². The zero-order valence-corrected chi connectivity index (χ0v) is 17.0. The van der Waals surface area contributed by atoms with Crippen LogP contribution in [0.3, 0.4) is 0 Å². The van der Waals surface area contributed by atoms with Gasteiger partial charge in [-0.15, -0.1) is 0 Å². The Balaban J connectivity index is 1.69. The highest BCUT2D eigenvalue weighted by molar-refractivity contribution is 7.89. The van der Waals surface area contributed by atoms with Gasteiger partial charge in [0.1, 0.15) is 0 Å². The second kappa shape index (κ2) is 7.10. The van der Waals surface area contributed by atoms with E-state index in [1.165, 1.54) is 28.6 Å². The maximum atomic E-state index is 13.6. The number of benzene rings is 3. The lowest BCUT2D eigenvalue weighted by Gasteiger charge is -2.34. The summed E-state index contributed by atoms with van der Waals surface area (Å²) in [5, 5.41) is 11.9. The quantitative estimate of drug-likeness (QED) is 0.369. The summed E-state index contributed by atoms with van der Waals surface area (Å²) >= 11 is 0. The van der Waals surface area contributed by atoms with Gasteiger partial charge in [-0.2, -0.15) is 0 Å². The number of nitro benzene ring substituents is 1. The zero-order valence-electron chi connectivity index (χ0n) is 16.2. The third-order valence-corrected chi connectivity index (χ3v) is 7.24. The molecule has 3 aromatic carbocycles. The molecule has 0 amide bonds. The van der Waals surface area contributed by atoms with E-state index >= 15 is 0 Å². The van der Waals surface area contributed by atoms with Crippen LogP contribution in [0.2, 0.25) is 0 Å². The molecule has 1 aliphatic heterocycles. The Morgan fingerprint density at radius 3 is 2.39 bits per heavy atom. The summed E-state index contributed by atoms with van der Waals surface area (Å²) in [6, 6.07) is 19.8. The minimum atomic E-state index is -3.98. The Morgan fingerprint density at radius 1 is 0.903 bits per heavy atom. The van der Waals surface area contributed by atoms with Crippen molar-refractivity contribution in [2.24, 2.45) is 0 Å². The van der Waals surface area contributed by atoms with Crippen molar-refractivity contribution < 1.29 is 13.3 Å². The first-order valence-electron chi connectivity index (χ1n) is 9.58. The van der Waals surface area contributed by atoms with Gasteiger partial charge in [0.15, 0.2) is 0 Å². The lowest BCUT2D eigenvalue weighted by atomic mass is 9.92. The van der Waals surface area contributed by atoms with E-state index < -0.39 is 21.0 Å². The molecule has 8 heteroatoms. The molecule has 0 fully saturated rings. The molecule has 1 unspecified atom stereocenters. The van der Waals surface area contributed by atoms with Gasteiger partial charge in [0, 0.05) is 41.0 Å². The number of hydrogen-bond donors (Lipinski definition) is 1. The molecule has 7 nitrogen and oxygen atoms in total. The van der Waals surface area contributed by atoms with Crippen LogP contribution in [0, 0.1) is 10.1 Å². The van der Waals surface area contributed by atoms with Crippen molar-refractivity contribution in [2.45, 2.75) is 10.9 Å². The SMILES string of the molecule is O=[N+]([O-])c1ccc(S(=O)(=O)N2C=Cc3ccccc3C2c2c[nH]c3ccccc23)cc1. The van der Waals surface area contributed by atoms with Crippen molar-refractivity contribution >= 4 is 32.7 Å². The Labute approximate surface area is 178 Å². The topological polar surface area (TPSA) is 96.3 Å². The number of aromatic amines is 1. The summed E-state index contributed by atoms with van der Waals surface area (Å²) in [5.41, 5.74) is 3.38. The van der Waals surface area contributed by atoms with Gasteiger partial charge in [-0.1, -0.05) is 42.5 Å². The van der Waals surface area contributed by atoms with Gasteiger partial charge in [-0.3, -0.25) is 14.4 Å². The highest BCUT2D eigenvalue weighted by Crippen LogP contribution is 2.41. The Hall–Kier alpha value is -3.91. The molecule has 31 heavy (non-hydrogen) atoms. The van der Waals surface area contributed by atoms with Crippen molar-refractivity contribution in [2.75, 3.05) is 0 Å². The molecule has 0 radical (unpaired) electrons. The van der Waals surface area contributed by atoms with E-state index in [-0.39, 0.29) is 10.6 Å². The van der Waals surface area contributed by atoms with E-state index in [0.29, 0.717) is 0 Å². The number of non-ortho nitro benzene ring substituents is 1. The van der Waals surface area contributed by atoms with Crippen molar-refractivity contribution in [3.63, 3.8) is 0 Å². The van der Waals surface area contributed by atoms with E-state index in [0.717, 1.165) is 27.6 Å². The minimum Gasteiger partial charge on any atom is -0.361 e. The molecule has 1 N–H and O–H groups in total. The standard InChI is InChI=1S/C23H17N3O4S/c27-26(28)17-9-11-18(12-10-17)31(29,30)25-14-13-16-5-1-2-6-19(16)23(25)21-15-24-22-8-4-3-7-20(21)22/h1-15,23-24H. The number of sulfonamides is 1. The van der Waals surface area contributed by atoms with Crippen molar-refractivity contribution in [3.8, 4) is 0 Å². The number of nitrogens with zero attached hydrogens (tertiary/aromatic N) is 2. The normalized spacial score (nSPS) is 15.7. The molecule has 0 saturated heterocycles. The molecule has 1 atom stereocenters. The average Bonchev–Trinajstić information content (AvgIpc) is 3.22. The summed E-state index contributed by atoms with van der Waals surface area (Å²) in [4.78, 5) is 13.6. The molecule has 1 aliphatic rings. The van der Waals surface area contributed by atoms with Crippen molar-refractivity contribution in [1.82, 2.24) is 9.29 Å². The lowest BCUT2D eigenvalue weighted by molar-refractivity contribution is -0.384.